The maximum Gasteiger partial charge on any atom is 0.123 e. The van der Waals surface area contributed by atoms with Crippen LogP contribution in [0.2, 0.25) is 0 Å². The fourth-order valence-corrected chi connectivity index (χ4v) is 5.01. The number of aromatic nitrogens is 1. The number of ether oxygens (including phenoxy) is 1. The molecule has 1 fully saturated rings. The highest BCUT2D eigenvalue weighted by molar-refractivity contribution is 5.80. The highest BCUT2D eigenvalue weighted by Gasteiger charge is 2.49. The van der Waals surface area contributed by atoms with E-state index in [1.807, 2.05) is 12.1 Å². The zero-order valence-corrected chi connectivity index (χ0v) is 16.2. The molecular formula is C24H26FNO2. The molecule has 2 unspecified atom stereocenters. The summed E-state index contributed by atoms with van der Waals surface area (Å²) in [5.74, 6) is 0.801. The van der Waals surface area contributed by atoms with Gasteiger partial charge < -0.3 is 14.8 Å². The predicted octanol–water partition coefficient (Wildman–Crippen LogP) is 5.12. The van der Waals surface area contributed by atoms with Crippen LogP contribution in [0.1, 0.15) is 43.9 Å². The van der Waals surface area contributed by atoms with Gasteiger partial charge in [-0.2, -0.15) is 0 Å². The standard InChI is InChI=1S/C24H26FNO2/c1-23(10-11-28-22-9-8-18(25)13-20(22)23)15-24(27,17-6-7-17)14-19-12-16-4-2-3-5-21(16)26-19/h2-5,8-9,12-13,17,26-27H,6-7,10-11,14-15H2,1H3. The van der Waals surface area contributed by atoms with Crippen molar-refractivity contribution in [2.24, 2.45) is 5.92 Å². The largest absolute Gasteiger partial charge is 0.493 e. The molecule has 4 heteroatoms. The summed E-state index contributed by atoms with van der Waals surface area (Å²) in [6, 6.07) is 15.1. The van der Waals surface area contributed by atoms with Gasteiger partial charge in [0.2, 0.25) is 0 Å². The third kappa shape index (κ3) is 3.10. The van der Waals surface area contributed by atoms with Crippen LogP contribution in [0.5, 0.6) is 5.75 Å². The molecular weight excluding hydrogens is 353 g/mol. The molecule has 0 spiro atoms. The van der Waals surface area contributed by atoms with E-state index in [0.717, 1.165) is 41.8 Å². The topological polar surface area (TPSA) is 45.2 Å². The van der Waals surface area contributed by atoms with Gasteiger partial charge in [0, 0.05) is 28.6 Å². The smallest absolute Gasteiger partial charge is 0.123 e. The van der Waals surface area contributed by atoms with Crippen LogP contribution < -0.4 is 4.74 Å². The first-order chi connectivity index (χ1) is 13.5. The zero-order chi connectivity index (χ0) is 19.4. The molecule has 2 heterocycles. The number of para-hydroxylation sites is 1. The van der Waals surface area contributed by atoms with E-state index in [0.29, 0.717) is 25.4 Å². The normalized spacial score (nSPS) is 23.8. The fourth-order valence-electron chi connectivity index (χ4n) is 5.01. The van der Waals surface area contributed by atoms with Crippen molar-refractivity contribution in [1.82, 2.24) is 4.98 Å². The lowest BCUT2D eigenvalue weighted by atomic mass is 9.68. The summed E-state index contributed by atoms with van der Waals surface area (Å²) in [5, 5.41) is 13.0. The van der Waals surface area contributed by atoms with Gasteiger partial charge in [-0.15, -0.1) is 0 Å². The van der Waals surface area contributed by atoms with Crippen LogP contribution in [-0.4, -0.2) is 22.3 Å². The van der Waals surface area contributed by atoms with E-state index in [1.54, 1.807) is 12.1 Å². The summed E-state index contributed by atoms with van der Waals surface area (Å²) < 4.78 is 19.8. The Bertz CT molecular complexity index is 991. The van der Waals surface area contributed by atoms with Crippen molar-refractivity contribution >= 4 is 10.9 Å². The Morgan fingerprint density at radius 2 is 2.04 bits per heavy atom. The van der Waals surface area contributed by atoms with Crippen molar-refractivity contribution in [3.8, 4) is 5.75 Å². The Hall–Kier alpha value is -2.33. The van der Waals surface area contributed by atoms with Crippen LogP contribution in [-0.2, 0) is 11.8 Å². The number of halogens is 1. The molecule has 0 saturated heterocycles. The third-order valence-corrected chi connectivity index (χ3v) is 6.62. The van der Waals surface area contributed by atoms with Crippen molar-refractivity contribution < 1.29 is 14.2 Å². The second-order valence-corrected chi connectivity index (χ2v) is 8.91. The lowest BCUT2D eigenvalue weighted by Gasteiger charge is -2.42. The van der Waals surface area contributed by atoms with E-state index in [1.165, 1.54) is 11.5 Å². The van der Waals surface area contributed by atoms with Gasteiger partial charge in [0.15, 0.2) is 0 Å². The molecule has 0 bridgehead atoms. The average molecular weight is 379 g/mol. The van der Waals surface area contributed by atoms with E-state index >= 15 is 0 Å². The van der Waals surface area contributed by atoms with E-state index in [9.17, 15) is 9.50 Å². The SMILES string of the molecule is CC1(CC(O)(Cc2cc3ccccc3[nH]2)C2CC2)CCOc2ccc(F)cc21. The van der Waals surface area contributed by atoms with Crippen LogP contribution >= 0.6 is 0 Å². The summed E-state index contributed by atoms with van der Waals surface area (Å²) in [4.78, 5) is 3.47. The predicted molar refractivity (Wildman–Crippen MR) is 108 cm³/mol. The van der Waals surface area contributed by atoms with Crippen LogP contribution in [0.4, 0.5) is 4.39 Å². The van der Waals surface area contributed by atoms with Crippen LogP contribution in [0.25, 0.3) is 10.9 Å². The molecule has 1 saturated carbocycles. The number of aliphatic hydroxyl groups is 1. The average Bonchev–Trinajstić information content (AvgIpc) is 3.44. The molecule has 1 aromatic heterocycles. The van der Waals surface area contributed by atoms with Gasteiger partial charge in [-0.25, -0.2) is 4.39 Å². The molecule has 2 atom stereocenters. The molecule has 0 amide bonds. The van der Waals surface area contributed by atoms with E-state index in [2.05, 4.69) is 30.1 Å². The van der Waals surface area contributed by atoms with Gasteiger partial charge in [0.1, 0.15) is 11.6 Å². The summed E-state index contributed by atoms with van der Waals surface area (Å²) in [7, 11) is 0. The summed E-state index contributed by atoms with van der Waals surface area (Å²) in [6.07, 6.45) is 4.09. The minimum atomic E-state index is -0.809. The zero-order valence-electron chi connectivity index (χ0n) is 16.2. The van der Waals surface area contributed by atoms with Crippen molar-refractivity contribution in [1.29, 1.82) is 0 Å². The molecule has 1 aliphatic carbocycles. The maximum atomic E-state index is 14.0. The van der Waals surface area contributed by atoms with Crippen LogP contribution in [0.3, 0.4) is 0 Å². The Morgan fingerprint density at radius 1 is 1.21 bits per heavy atom. The summed E-state index contributed by atoms with van der Waals surface area (Å²) >= 11 is 0. The highest BCUT2D eigenvalue weighted by Crippen LogP contribution is 2.51. The van der Waals surface area contributed by atoms with Gasteiger partial charge in [0.05, 0.1) is 12.2 Å². The second kappa shape index (κ2) is 6.35. The molecule has 2 N–H and O–H groups in total. The number of benzene rings is 2. The van der Waals surface area contributed by atoms with E-state index < -0.39 is 5.60 Å². The van der Waals surface area contributed by atoms with Crippen molar-refractivity contribution in [2.75, 3.05) is 6.61 Å². The molecule has 0 radical (unpaired) electrons. The quantitative estimate of drug-likeness (QED) is 0.646. The molecule has 3 nitrogen and oxygen atoms in total. The van der Waals surface area contributed by atoms with Gasteiger partial charge in [0.25, 0.3) is 0 Å². The molecule has 146 valence electrons. The maximum absolute atomic E-state index is 14.0. The van der Waals surface area contributed by atoms with Crippen LogP contribution in [0, 0.1) is 11.7 Å². The van der Waals surface area contributed by atoms with Crippen molar-refractivity contribution in [3.63, 3.8) is 0 Å². The minimum absolute atomic E-state index is 0.249. The number of fused-ring (bicyclic) bond motifs is 2. The van der Waals surface area contributed by atoms with Crippen molar-refractivity contribution in [2.45, 2.75) is 50.0 Å². The molecule has 1 aliphatic heterocycles. The Labute approximate surface area is 164 Å². The third-order valence-electron chi connectivity index (χ3n) is 6.62. The molecule has 2 aliphatic rings. The minimum Gasteiger partial charge on any atom is -0.493 e. The number of nitrogens with one attached hydrogen (secondary N) is 1. The number of rotatable bonds is 5. The lowest BCUT2D eigenvalue weighted by molar-refractivity contribution is -0.0169. The monoisotopic (exact) mass is 379 g/mol. The van der Waals surface area contributed by atoms with Gasteiger partial charge in [-0.1, -0.05) is 25.1 Å². The Morgan fingerprint density at radius 3 is 2.82 bits per heavy atom. The van der Waals surface area contributed by atoms with Gasteiger partial charge in [-0.3, -0.25) is 0 Å². The molecule has 3 aromatic rings. The first kappa shape index (κ1) is 17.7. The highest BCUT2D eigenvalue weighted by atomic mass is 19.1. The lowest BCUT2D eigenvalue weighted by Crippen LogP contribution is -2.44. The number of aromatic amines is 1. The van der Waals surface area contributed by atoms with E-state index in [-0.39, 0.29) is 11.2 Å². The Kier molecular flexibility index (Phi) is 4.02. The first-order valence-electron chi connectivity index (χ1n) is 10.2. The second-order valence-electron chi connectivity index (χ2n) is 8.91. The first-order valence-corrected chi connectivity index (χ1v) is 10.2. The van der Waals surface area contributed by atoms with E-state index in [4.69, 9.17) is 4.74 Å². The van der Waals surface area contributed by atoms with Gasteiger partial charge >= 0.3 is 0 Å². The van der Waals surface area contributed by atoms with Crippen molar-refractivity contribution in [3.05, 3.63) is 65.6 Å². The molecule has 5 rings (SSSR count). The summed E-state index contributed by atoms with van der Waals surface area (Å²) in [6.45, 7) is 2.74. The Balaban J connectivity index is 1.48. The number of hydrogen-bond acceptors (Lipinski definition) is 2. The fraction of sp³-hybridized carbons (Fsp3) is 0.417. The molecule has 28 heavy (non-hydrogen) atoms. The van der Waals surface area contributed by atoms with Crippen LogP contribution in [0.15, 0.2) is 48.5 Å². The van der Waals surface area contributed by atoms with Gasteiger partial charge in [-0.05, 0) is 67.3 Å². The molecule has 2 aromatic carbocycles. The summed E-state index contributed by atoms with van der Waals surface area (Å²) in [5.41, 5.74) is 1.93. The number of H-pyrrole nitrogens is 1. The number of hydrogen-bond donors (Lipinski definition) is 2.